The molecule has 4 aromatic rings. The lowest BCUT2D eigenvalue weighted by molar-refractivity contribution is -0.113. The van der Waals surface area contributed by atoms with Gasteiger partial charge in [0, 0.05) is 27.4 Å². The SMILES string of the molecule is CC1=C(C(=O)Nc2cccnc2)C(c2sccc2C)n2nc(-c3ccc(Cl)cc3)nc2N1. The summed E-state index contributed by atoms with van der Waals surface area (Å²) in [7, 11) is 0. The maximum atomic E-state index is 13.4. The fraction of sp³-hybridized carbons (Fsp3) is 0.130. The molecule has 2 N–H and O–H groups in total. The van der Waals surface area contributed by atoms with Crippen molar-refractivity contribution in [2.24, 2.45) is 0 Å². The molecule has 1 unspecified atom stereocenters. The van der Waals surface area contributed by atoms with Gasteiger partial charge in [0.05, 0.1) is 17.5 Å². The van der Waals surface area contributed by atoms with Crippen molar-refractivity contribution in [3.8, 4) is 11.4 Å². The molecule has 0 saturated heterocycles. The summed E-state index contributed by atoms with van der Waals surface area (Å²) in [5, 5.41) is 13.7. The van der Waals surface area contributed by atoms with Crippen LogP contribution in [0.15, 0.2) is 71.5 Å². The number of nitrogens with zero attached hydrogens (tertiary/aromatic N) is 4. The molecule has 0 fully saturated rings. The Kier molecular flexibility index (Phi) is 5.24. The number of pyridine rings is 1. The molecule has 0 radical (unpaired) electrons. The van der Waals surface area contributed by atoms with E-state index in [4.69, 9.17) is 21.7 Å². The van der Waals surface area contributed by atoms with Gasteiger partial charge in [-0.15, -0.1) is 16.4 Å². The van der Waals surface area contributed by atoms with Crippen molar-refractivity contribution in [2.75, 3.05) is 10.6 Å². The Morgan fingerprint density at radius 1 is 1.19 bits per heavy atom. The molecular weight excluding hydrogens is 444 g/mol. The topological polar surface area (TPSA) is 84.7 Å². The first kappa shape index (κ1) is 20.4. The van der Waals surface area contributed by atoms with Gasteiger partial charge in [-0.3, -0.25) is 9.78 Å². The molecule has 1 aliphatic rings. The van der Waals surface area contributed by atoms with E-state index in [0.717, 1.165) is 21.7 Å². The third-order valence-electron chi connectivity index (χ3n) is 5.27. The molecule has 7 nitrogen and oxygen atoms in total. The number of carbonyl (C=O) groups is 1. The molecule has 1 aliphatic heterocycles. The van der Waals surface area contributed by atoms with Crippen LogP contribution in [0.5, 0.6) is 0 Å². The second kappa shape index (κ2) is 8.22. The van der Waals surface area contributed by atoms with Crippen LogP contribution in [-0.2, 0) is 4.79 Å². The van der Waals surface area contributed by atoms with Gasteiger partial charge in [0.15, 0.2) is 5.82 Å². The number of benzene rings is 1. The van der Waals surface area contributed by atoms with E-state index < -0.39 is 6.04 Å². The number of fused-ring (bicyclic) bond motifs is 1. The molecule has 3 aromatic heterocycles. The fourth-order valence-corrected chi connectivity index (χ4v) is 4.85. The number of amides is 1. The molecule has 0 aliphatic carbocycles. The Morgan fingerprint density at radius 3 is 2.69 bits per heavy atom. The number of aryl methyl sites for hydroxylation is 1. The minimum Gasteiger partial charge on any atom is -0.328 e. The summed E-state index contributed by atoms with van der Waals surface area (Å²) in [6.07, 6.45) is 3.29. The van der Waals surface area contributed by atoms with Crippen LogP contribution in [0.4, 0.5) is 11.6 Å². The smallest absolute Gasteiger partial charge is 0.255 e. The number of thiophene rings is 1. The monoisotopic (exact) mass is 462 g/mol. The highest BCUT2D eigenvalue weighted by molar-refractivity contribution is 7.10. The molecule has 9 heteroatoms. The Labute approximate surface area is 193 Å². The zero-order valence-corrected chi connectivity index (χ0v) is 18.9. The highest BCUT2D eigenvalue weighted by Gasteiger charge is 2.36. The molecule has 4 heterocycles. The van der Waals surface area contributed by atoms with Crippen molar-refractivity contribution in [3.05, 3.63) is 87.0 Å². The van der Waals surface area contributed by atoms with E-state index in [0.29, 0.717) is 28.1 Å². The highest BCUT2D eigenvalue weighted by Crippen LogP contribution is 2.40. The molecule has 1 aromatic carbocycles. The Morgan fingerprint density at radius 2 is 2.00 bits per heavy atom. The Bertz CT molecular complexity index is 1330. The average Bonchev–Trinajstić information content (AvgIpc) is 3.40. The zero-order chi connectivity index (χ0) is 22.2. The van der Waals surface area contributed by atoms with E-state index >= 15 is 0 Å². The van der Waals surface area contributed by atoms with Crippen LogP contribution < -0.4 is 10.6 Å². The van der Waals surface area contributed by atoms with Crippen molar-refractivity contribution >= 4 is 40.5 Å². The van der Waals surface area contributed by atoms with Crippen molar-refractivity contribution in [3.63, 3.8) is 0 Å². The predicted molar refractivity (Wildman–Crippen MR) is 127 cm³/mol. The molecular formula is C23H19ClN6OS. The number of allylic oxidation sites excluding steroid dienone is 1. The summed E-state index contributed by atoms with van der Waals surface area (Å²) in [4.78, 5) is 23.2. The number of halogens is 1. The lowest BCUT2D eigenvalue weighted by atomic mass is 9.99. The van der Waals surface area contributed by atoms with E-state index in [9.17, 15) is 4.79 Å². The van der Waals surface area contributed by atoms with Gasteiger partial charge in [-0.25, -0.2) is 4.68 Å². The zero-order valence-electron chi connectivity index (χ0n) is 17.3. The van der Waals surface area contributed by atoms with Crippen LogP contribution in [0.2, 0.25) is 5.02 Å². The molecule has 0 spiro atoms. The lowest BCUT2D eigenvalue weighted by Gasteiger charge is -2.28. The molecule has 32 heavy (non-hydrogen) atoms. The third kappa shape index (κ3) is 3.68. The van der Waals surface area contributed by atoms with Gasteiger partial charge < -0.3 is 10.6 Å². The maximum Gasteiger partial charge on any atom is 0.255 e. The van der Waals surface area contributed by atoms with E-state index in [1.807, 2.05) is 55.6 Å². The maximum absolute atomic E-state index is 13.4. The third-order valence-corrected chi connectivity index (χ3v) is 6.59. The molecule has 1 atom stereocenters. The van der Waals surface area contributed by atoms with Gasteiger partial charge in [-0.1, -0.05) is 11.6 Å². The second-order valence-corrected chi connectivity index (χ2v) is 8.82. The number of nitrogens with one attached hydrogen (secondary N) is 2. The average molecular weight is 463 g/mol. The van der Waals surface area contributed by atoms with E-state index in [1.165, 1.54) is 0 Å². The number of aromatic nitrogens is 4. The van der Waals surface area contributed by atoms with Crippen LogP contribution in [0.1, 0.15) is 23.4 Å². The number of hydrogen-bond donors (Lipinski definition) is 2. The summed E-state index contributed by atoms with van der Waals surface area (Å²) in [6, 6.07) is 12.6. The van der Waals surface area contributed by atoms with Crippen molar-refractivity contribution in [1.82, 2.24) is 19.7 Å². The first-order valence-corrected chi connectivity index (χ1v) is 11.2. The van der Waals surface area contributed by atoms with Gasteiger partial charge in [0.1, 0.15) is 6.04 Å². The van der Waals surface area contributed by atoms with E-state index in [-0.39, 0.29) is 5.91 Å². The number of anilines is 2. The van der Waals surface area contributed by atoms with Crippen LogP contribution in [-0.4, -0.2) is 25.7 Å². The summed E-state index contributed by atoms with van der Waals surface area (Å²) in [5.41, 5.74) is 3.88. The second-order valence-electron chi connectivity index (χ2n) is 7.44. The van der Waals surface area contributed by atoms with Gasteiger partial charge in [-0.05, 0) is 67.3 Å². The Balaban J connectivity index is 1.60. The van der Waals surface area contributed by atoms with Crippen LogP contribution in [0.3, 0.4) is 0 Å². The highest BCUT2D eigenvalue weighted by atomic mass is 35.5. The van der Waals surface area contributed by atoms with Gasteiger partial charge >= 0.3 is 0 Å². The standard InChI is InChI=1S/C23H19ClN6OS/c1-13-9-11-32-20(13)19-18(22(31)27-17-4-3-10-25-12-17)14(2)26-23-28-21(29-30(19)23)15-5-7-16(24)8-6-15/h3-12,19H,1-2H3,(H,27,31)(H,26,28,29). The number of rotatable bonds is 4. The summed E-state index contributed by atoms with van der Waals surface area (Å²) in [6.45, 7) is 3.92. The summed E-state index contributed by atoms with van der Waals surface area (Å²) < 4.78 is 1.79. The van der Waals surface area contributed by atoms with Crippen molar-refractivity contribution < 1.29 is 4.79 Å². The number of carbonyl (C=O) groups excluding carboxylic acids is 1. The van der Waals surface area contributed by atoms with E-state index in [2.05, 4.69) is 15.6 Å². The molecule has 0 saturated carbocycles. The van der Waals surface area contributed by atoms with Gasteiger partial charge in [-0.2, -0.15) is 4.98 Å². The molecule has 160 valence electrons. The van der Waals surface area contributed by atoms with Gasteiger partial charge in [0.2, 0.25) is 5.95 Å². The minimum absolute atomic E-state index is 0.213. The quantitative estimate of drug-likeness (QED) is 0.430. The first-order valence-electron chi connectivity index (χ1n) is 9.97. The molecule has 5 rings (SSSR count). The van der Waals surface area contributed by atoms with Crippen LogP contribution >= 0.6 is 22.9 Å². The van der Waals surface area contributed by atoms with Gasteiger partial charge in [0.25, 0.3) is 5.91 Å². The lowest BCUT2D eigenvalue weighted by Crippen LogP contribution is -2.31. The Hall–Kier alpha value is -3.49. The first-order chi connectivity index (χ1) is 15.5. The molecule has 1 amide bonds. The van der Waals surface area contributed by atoms with Crippen LogP contribution in [0.25, 0.3) is 11.4 Å². The predicted octanol–water partition coefficient (Wildman–Crippen LogP) is 5.29. The van der Waals surface area contributed by atoms with E-state index in [1.54, 1.807) is 34.5 Å². The minimum atomic E-state index is -0.406. The number of hydrogen-bond acceptors (Lipinski definition) is 6. The molecule has 0 bridgehead atoms. The van der Waals surface area contributed by atoms with Crippen molar-refractivity contribution in [2.45, 2.75) is 19.9 Å². The van der Waals surface area contributed by atoms with Crippen LogP contribution in [0, 0.1) is 6.92 Å². The fourth-order valence-electron chi connectivity index (χ4n) is 3.71. The largest absolute Gasteiger partial charge is 0.328 e. The summed E-state index contributed by atoms with van der Waals surface area (Å²) >= 11 is 7.63. The van der Waals surface area contributed by atoms with Crippen molar-refractivity contribution in [1.29, 1.82) is 0 Å². The summed E-state index contributed by atoms with van der Waals surface area (Å²) in [5.74, 6) is 0.934. The normalized spacial score (nSPS) is 15.3.